The maximum Gasteiger partial charge on any atom is 0.224 e. The van der Waals surface area contributed by atoms with E-state index in [0.717, 1.165) is 42.2 Å². The second-order valence-corrected chi connectivity index (χ2v) is 6.45. The van der Waals surface area contributed by atoms with Crippen LogP contribution in [0.1, 0.15) is 43.9 Å². The summed E-state index contributed by atoms with van der Waals surface area (Å²) in [5.74, 6) is 2.06. The maximum absolute atomic E-state index is 12.1. The SMILES string of the molecule is O=C(CCC1CCNC1)Nc1ccc2nc(C3CC3)oc2c1. The van der Waals surface area contributed by atoms with Crippen molar-refractivity contribution in [3.63, 3.8) is 0 Å². The second-order valence-electron chi connectivity index (χ2n) is 6.45. The molecule has 1 saturated heterocycles. The normalized spacial score (nSPS) is 21.4. The van der Waals surface area contributed by atoms with Gasteiger partial charge in [-0.3, -0.25) is 4.79 Å². The topological polar surface area (TPSA) is 67.2 Å². The van der Waals surface area contributed by atoms with E-state index in [-0.39, 0.29) is 5.91 Å². The lowest BCUT2D eigenvalue weighted by molar-refractivity contribution is -0.116. The molecular formula is C17H21N3O2. The fraction of sp³-hybridized carbons (Fsp3) is 0.529. The standard InChI is InChI=1S/C17H21N3O2/c21-16(6-1-11-7-8-18-10-11)19-13-4-5-14-15(9-13)22-17(20-14)12-2-3-12/h4-5,9,11-12,18H,1-3,6-8,10H2,(H,19,21). The first-order chi connectivity index (χ1) is 10.8. The van der Waals surface area contributed by atoms with Crippen LogP contribution in [0.3, 0.4) is 0 Å². The molecule has 22 heavy (non-hydrogen) atoms. The number of carbonyl (C=O) groups is 1. The number of oxazole rings is 1. The molecule has 2 aromatic rings. The van der Waals surface area contributed by atoms with Crippen LogP contribution in [-0.2, 0) is 4.79 Å². The molecule has 1 aliphatic carbocycles. The van der Waals surface area contributed by atoms with E-state index in [0.29, 0.717) is 18.3 Å². The molecule has 2 N–H and O–H groups in total. The lowest BCUT2D eigenvalue weighted by atomic mass is 10.0. The fourth-order valence-corrected chi connectivity index (χ4v) is 3.04. The molecule has 0 spiro atoms. The number of anilines is 1. The molecule has 1 aromatic heterocycles. The first-order valence-electron chi connectivity index (χ1n) is 8.19. The van der Waals surface area contributed by atoms with Crippen LogP contribution in [0, 0.1) is 5.92 Å². The summed E-state index contributed by atoms with van der Waals surface area (Å²) in [7, 11) is 0. The van der Waals surface area contributed by atoms with Crippen LogP contribution in [0.2, 0.25) is 0 Å². The average Bonchev–Trinajstić information content (AvgIpc) is 3.08. The van der Waals surface area contributed by atoms with Crippen molar-refractivity contribution >= 4 is 22.7 Å². The molecule has 1 atom stereocenters. The summed E-state index contributed by atoms with van der Waals surface area (Å²) in [4.78, 5) is 16.5. The third kappa shape index (κ3) is 2.99. The number of fused-ring (bicyclic) bond motifs is 1. The Morgan fingerprint density at radius 1 is 1.36 bits per heavy atom. The number of nitrogens with zero attached hydrogens (tertiary/aromatic N) is 1. The van der Waals surface area contributed by atoms with Gasteiger partial charge in [-0.1, -0.05) is 0 Å². The zero-order valence-electron chi connectivity index (χ0n) is 12.6. The van der Waals surface area contributed by atoms with E-state index in [1.54, 1.807) is 0 Å². The van der Waals surface area contributed by atoms with Crippen LogP contribution >= 0.6 is 0 Å². The molecule has 1 saturated carbocycles. The van der Waals surface area contributed by atoms with Gasteiger partial charge < -0.3 is 15.1 Å². The molecular weight excluding hydrogens is 278 g/mol. The highest BCUT2D eigenvalue weighted by atomic mass is 16.3. The fourth-order valence-electron chi connectivity index (χ4n) is 3.04. The van der Waals surface area contributed by atoms with Crippen LogP contribution < -0.4 is 10.6 Å². The summed E-state index contributed by atoms with van der Waals surface area (Å²) >= 11 is 0. The number of nitrogens with one attached hydrogen (secondary N) is 2. The van der Waals surface area contributed by atoms with Crippen LogP contribution in [0.5, 0.6) is 0 Å². The van der Waals surface area contributed by atoms with Gasteiger partial charge in [-0.15, -0.1) is 0 Å². The Labute approximate surface area is 129 Å². The molecule has 0 radical (unpaired) electrons. The Bertz CT molecular complexity index is 684. The minimum absolute atomic E-state index is 0.0770. The summed E-state index contributed by atoms with van der Waals surface area (Å²) in [6, 6.07) is 5.70. The summed E-state index contributed by atoms with van der Waals surface area (Å²) in [5.41, 5.74) is 2.43. The number of hydrogen-bond acceptors (Lipinski definition) is 4. The molecule has 1 amide bonds. The van der Waals surface area contributed by atoms with Crippen molar-refractivity contribution in [2.45, 2.75) is 38.0 Å². The first-order valence-corrected chi connectivity index (χ1v) is 8.19. The van der Waals surface area contributed by atoms with E-state index >= 15 is 0 Å². The molecule has 5 heteroatoms. The minimum atomic E-state index is 0.0770. The summed E-state index contributed by atoms with van der Waals surface area (Å²) in [6.45, 7) is 2.12. The highest BCUT2D eigenvalue weighted by Crippen LogP contribution is 2.40. The zero-order valence-corrected chi connectivity index (χ0v) is 12.6. The van der Waals surface area contributed by atoms with E-state index in [9.17, 15) is 4.79 Å². The van der Waals surface area contributed by atoms with Crippen LogP contribution in [-0.4, -0.2) is 24.0 Å². The van der Waals surface area contributed by atoms with Crippen LogP contribution in [0.25, 0.3) is 11.1 Å². The van der Waals surface area contributed by atoms with E-state index in [2.05, 4.69) is 15.6 Å². The lowest BCUT2D eigenvalue weighted by Gasteiger charge is -2.08. The summed E-state index contributed by atoms with van der Waals surface area (Å²) in [5, 5.41) is 6.30. The monoisotopic (exact) mass is 299 g/mol. The zero-order chi connectivity index (χ0) is 14.9. The molecule has 116 valence electrons. The highest BCUT2D eigenvalue weighted by Gasteiger charge is 2.28. The number of hydrogen-bond donors (Lipinski definition) is 2. The maximum atomic E-state index is 12.1. The summed E-state index contributed by atoms with van der Waals surface area (Å²) in [6.07, 6.45) is 5.06. The van der Waals surface area contributed by atoms with Gasteiger partial charge in [-0.25, -0.2) is 4.98 Å². The predicted octanol–water partition coefficient (Wildman–Crippen LogP) is 3.03. The molecule has 0 bridgehead atoms. The average molecular weight is 299 g/mol. The van der Waals surface area contributed by atoms with E-state index in [4.69, 9.17) is 4.42 Å². The van der Waals surface area contributed by atoms with Gasteiger partial charge in [0.05, 0.1) is 0 Å². The van der Waals surface area contributed by atoms with Gasteiger partial charge in [0.25, 0.3) is 0 Å². The third-order valence-corrected chi connectivity index (χ3v) is 4.56. The highest BCUT2D eigenvalue weighted by molar-refractivity contribution is 5.92. The van der Waals surface area contributed by atoms with Gasteiger partial charge >= 0.3 is 0 Å². The second kappa shape index (κ2) is 5.72. The van der Waals surface area contributed by atoms with Crippen LogP contribution in [0.15, 0.2) is 22.6 Å². The minimum Gasteiger partial charge on any atom is -0.440 e. The quantitative estimate of drug-likeness (QED) is 0.890. The Hall–Kier alpha value is -1.88. The number of benzene rings is 1. The van der Waals surface area contributed by atoms with Gasteiger partial charge in [-0.05, 0) is 56.8 Å². The van der Waals surface area contributed by atoms with Crippen molar-refractivity contribution in [3.8, 4) is 0 Å². The molecule has 1 aromatic carbocycles. The molecule has 1 unspecified atom stereocenters. The van der Waals surface area contributed by atoms with Gasteiger partial charge in [0, 0.05) is 24.1 Å². The molecule has 1 aliphatic heterocycles. The number of carbonyl (C=O) groups excluding carboxylic acids is 1. The largest absolute Gasteiger partial charge is 0.440 e. The smallest absolute Gasteiger partial charge is 0.224 e. The number of rotatable bonds is 5. The van der Waals surface area contributed by atoms with Crippen molar-refractivity contribution in [3.05, 3.63) is 24.1 Å². The Kier molecular flexibility index (Phi) is 3.58. The van der Waals surface area contributed by atoms with Crippen LogP contribution in [0.4, 0.5) is 5.69 Å². The van der Waals surface area contributed by atoms with Crippen molar-refractivity contribution in [2.24, 2.45) is 5.92 Å². The molecule has 4 rings (SSSR count). The van der Waals surface area contributed by atoms with Crippen molar-refractivity contribution < 1.29 is 9.21 Å². The van der Waals surface area contributed by atoms with Crippen molar-refractivity contribution in [1.82, 2.24) is 10.3 Å². The van der Waals surface area contributed by atoms with E-state index in [1.165, 1.54) is 19.3 Å². The predicted molar refractivity (Wildman–Crippen MR) is 84.8 cm³/mol. The van der Waals surface area contributed by atoms with Crippen molar-refractivity contribution in [1.29, 1.82) is 0 Å². The van der Waals surface area contributed by atoms with E-state index in [1.807, 2.05) is 18.2 Å². The van der Waals surface area contributed by atoms with Gasteiger partial charge in [0.2, 0.25) is 5.91 Å². The number of aromatic nitrogens is 1. The molecule has 2 heterocycles. The Morgan fingerprint density at radius 3 is 3.05 bits per heavy atom. The van der Waals surface area contributed by atoms with Gasteiger partial charge in [0.1, 0.15) is 5.52 Å². The van der Waals surface area contributed by atoms with Gasteiger partial charge in [-0.2, -0.15) is 0 Å². The lowest BCUT2D eigenvalue weighted by Crippen LogP contribution is -2.14. The Morgan fingerprint density at radius 2 is 2.27 bits per heavy atom. The molecule has 2 aliphatic rings. The van der Waals surface area contributed by atoms with Gasteiger partial charge in [0.15, 0.2) is 11.5 Å². The molecule has 5 nitrogen and oxygen atoms in total. The number of amides is 1. The van der Waals surface area contributed by atoms with E-state index < -0.39 is 0 Å². The summed E-state index contributed by atoms with van der Waals surface area (Å²) < 4.78 is 5.78. The first kappa shape index (κ1) is 13.8. The third-order valence-electron chi connectivity index (χ3n) is 4.56. The Balaban J connectivity index is 1.38. The molecule has 2 fully saturated rings. The van der Waals surface area contributed by atoms with Crippen molar-refractivity contribution in [2.75, 3.05) is 18.4 Å².